The lowest BCUT2D eigenvalue weighted by Crippen LogP contribution is -2.59. The van der Waals surface area contributed by atoms with Crippen LogP contribution in [0.25, 0.3) is 0 Å². The summed E-state index contributed by atoms with van der Waals surface area (Å²) in [6, 6.07) is 8.01. The summed E-state index contributed by atoms with van der Waals surface area (Å²) in [6.07, 6.45) is 2.66. The van der Waals surface area contributed by atoms with Crippen molar-refractivity contribution < 1.29 is 32.0 Å². The van der Waals surface area contributed by atoms with E-state index in [0.717, 1.165) is 12.3 Å². The maximum atomic E-state index is 14.0. The van der Waals surface area contributed by atoms with Gasteiger partial charge in [0, 0.05) is 19.2 Å². The quantitative estimate of drug-likeness (QED) is 0.354. The summed E-state index contributed by atoms with van der Waals surface area (Å²) in [7, 11) is -6.30. The Bertz CT molecular complexity index is 1490. The zero-order valence-electron chi connectivity index (χ0n) is 21.0. The normalized spacial score (nSPS) is 23.9. The second kappa shape index (κ2) is 9.48. The number of thiophene rings is 1. The van der Waals surface area contributed by atoms with Crippen molar-refractivity contribution in [1.29, 1.82) is 0 Å². The molecule has 0 bridgehead atoms. The fourth-order valence-electron chi connectivity index (χ4n) is 3.85. The first kappa shape index (κ1) is 27.2. The molecule has 0 aliphatic carbocycles. The fourth-order valence-corrected chi connectivity index (χ4v) is 6.69. The number of hydrogen-bond acceptors (Lipinski definition) is 9. The van der Waals surface area contributed by atoms with E-state index in [2.05, 4.69) is 14.8 Å². The highest BCUT2D eigenvalue weighted by atomic mass is 32.2. The van der Waals surface area contributed by atoms with Crippen molar-refractivity contribution in [2.45, 2.75) is 27.2 Å². The van der Waals surface area contributed by atoms with Gasteiger partial charge in [-0.25, -0.2) is 13.2 Å². The molecule has 1 aromatic carbocycles. The predicted octanol–water partition coefficient (Wildman–Crippen LogP) is 4.01. The van der Waals surface area contributed by atoms with Gasteiger partial charge < -0.3 is 9.63 Å². The predicted molar refractivity (Wildman–Crippen MR) is 146 cm³/mol. The van der Waals surface area contributed by atoms with E-state index in [9.17, 15) is 22.9 Å². The standard InChI is InChI=1S/C23H28N5O6PS2/c1-23(2,3)10-11-28(20(30)14-17(29)21(25-28)19-7-6-12-36-19)22-24-16-9-8-15(27-37(5,32)33)13-18(16)35(31,26-22)34-4/h6-9,12-14H,10-11H2,1-5H3,(H2-,24,25,26,27,29,30,31)/p+1. The Morgan fingerprint density at radius 1 is 1.27 bits per heavy atom. The number of guanidine groups is 1. The molecule has 2 unspecified atom stereocenters. The maximum absolute atomic E-state index is 14.0. The number of nitrogens with zero attached hydrogens (tertiary/aromatic N) is 3. The molecular weight excluding hydrogens is 537 g/mol. The molecule has 0 radical (unpaired) electrons. The molecule has 0 saturated carbocycles. The molecule has 4 rings (SSSR count). The van der Waals surface area contributed by atoms with Crippen LogP contribution in [0.4, 0.5) is 11.4 Å². The monoisotopic (exact) mass is 566 g/mol. The number of aliphatic hydroxyl groups excluding tert-OH is 1. The number of fused-ring (bicyclic) bond motifs is 1. The number of carbonyl (C=O) groups is 1. The van der Waals surface area contributed by atoms with Gasteiger partial charge in [-0.15, -0.1) is 16.1 Å². The Morgan fingerprint density at radius 2 is 2.00 bits per heavy atom. The number of carbonyl (C=O) groups excluding carboxylic acids is 1. The number of sulfonamides is 1. The number of anilines is 2. The van der Waals surface area contributed by atoms with Crippen LogP contribution in [0.2, 0.25) is 0 Å². The van der Waals surface area contributed by atoms with Gasteiger partial charge in [0.15, 0.2) is 11.5 Å². The smallest absolute Gasteiger partial charge is 0.376 e. The highest BCUT2D eigenvalue weighted by Crippen LogP contribution is 2.52. The van der Waals surface area contributed by atoms with Gasteiger partial charge in [0.05, 0.1) is 28.2 Å². The minimum absolute atomic E-state index is 0.0199. The van der Waals surface area contributed by atoms with Crippen molar-refractivity contribution in [2.75, 3.05) is 29.9 Å². The van der Waals surface area contributed by atoms with Gasteiger partial charge in [0.25, 0.3) is 0 Å². The molecule has 0 spiro atoms. The largest absolute Gasteiger partial charge is 0.505 e. The first-order chi connectivity index (χ1) is 17.2. The van der Waals surface area contributed by atoms with Crippen molar-refractivity contribution in [2.24, 2.45) is 15.3 Å². The van der Waals surface area contributed by atoms with Crippen molar-refractivity contribution in [1.82, 2.24) is 0 Å². The number of hydrogen-bond donors (Lipinski definition) is 3. The number of benzene rings is 1. The molecule has 0 fully saturated rings. The van der Waals surface area contributed by atoms with Crippen molar-refractivity contribution in [3.05, 3.63) is 52.4 Å². The molecular formula is C23H29N5O6PS2+. The minimum Gasteiger partial charge on any atom is -0.505 e. The van der Waals surface area contributed by atoms with Crippen molar-refractivity contribution in [3.8, 4) is 0 Å². The van der Waals surface area contributed by atoms with E-state index >= 15 is 0 Å². The van der Waals surface area contributed by atoms with Crippen LogP contribution in [0.15, 0.2) is 57.4 Å². The van der Waals surface area contributed by atoms with E-state index in [4.69, 9.17) is 9.63 Å². The fraction of sp³-hybridized carbons (Fsp3) is 0.348. The Hall–Kier alpha value is -2.83. The number of aliphatic hydroxyl groups is 1. The van der Waals surface area contributed by atoms with Crippen LogP contribution in [0.1, 0.15) is 32.1 Å². The molecule has 37 heavy (non-hydrogen) atoms. The van der Waals surface area contributed by atoms with E-state index in [-0.39, 0.29) is 40.4 Å². The van der Waals surface area contributed by atoms with Crippen LogP contribution in [0.5, 0.6) is 0 Å². The average Bonchev–Trinajstić information content (AvgIpc) is 3.32. The van der Waals surface area contributed by atoms with Gasteiger partial charge in [-0.2, -0.15) is 0 Å². The van der Waals surface area contributed by atoms with Gasteiger partial charge in [-0.3, -0.25) is 14.6 Å². The van der Waals surface area contributed by atoms with Crippen LogP contribution >= 0.6 is 18.9 Å². The van der Waals surface area contributed by atoms with Crippen molar-refractivity contribution in [3.63, 3.8) is 0 Å². The first-order valence-electron chi connectivity index (χ1n) is 11.3. The van der Waals surface area contributed by atoms with Crippen LogP contribution in [-0.2, 0) is 23.9 Å². The summed E-state index contributed by atoms with van der Waals surface area (Å²) in [5.41, 5.74) is 0.564. The summed E-state index contributed by atoms with van der Waals surface area (Å²) in [6.45, 7) is 6.24. The van der Waals surface area contributed by atoms with Gasteiger partial charge >= 0.3 is 19.4 Å². The lowest BCUT2D eigenvalue weighted by molar-refractivity contribution is -0.769. The number of allylic oxidation sites excluding steroid dienone is 1. The second-order valence-corrected chi connectivity index (χ2v) is 14.7. The number of quaternary nitrogens is 1. The summed E-state index contributed by atoms with van der Waals surface area (Å²) < 4.78 is 48.8. The SMILES string of the molecule is COP1(=O)N=C([N+]2(CCC(C)(C)C)N=C(c3cccs3)C(O)=CC2=O)Nc2ccc(NS(C)(=O)=O)cc21. The number of amides is 1. The van der Waals surface area contributed by atoms with Crippen LogP contribution in [-0.4, -0.2) is 55.6 Å². The molecule has 14 heteroatoms. The zero-order chi connectivity index (χ0) is 27.2. The van der Waals surface area contributed by atoms with E-state index in [1.54, 1.807) is 6.07 Å². The molecule has 11 nitrogen and oxygen atoms in total. The molecule has 2 aliphatic heterocycles. The molecule has 1 amide bonds. The minimum atomic E-state index is -3.96. The Morgan fingerprint density at radius 3 is 2.59 bits per heavy atom. The molecule has 3 heterocycles. The van der Waals surface area contributed by atoms with E-state index in [1.807, 2.05) is 32.2 Å². The zero-order valence-corrected chi connectivity index (χ0v) is 23.6. The summed E-state index contributed by atoms with van der Waals surface area (Å²) in [5.74, 6) is -0.844. The first-order valence-corrected chi connectivity index (χ1v) is 15.6. The van der Waals surface area contributed by atoms with Crippen LogP contribution in [0.3, 0.4) is 0 Å². The molecule has 3 N–H and O–H groups in total. The topological polar surface area (TPSA) is 147 Å². The van der Waals surface area contributed by atoms with Gasteiger partial charge in [0.1, 0.15) is 6.54 Å². The third kappa shape index (κ3) is 5.55. The average molecular weight is 567 g/mol. The summed E-state index contributed by atoms with van der Waals surface area (Å²) in [4.78, 5) is 14.2. The molecule has 1 aromatic heterocycles. The van der Waals surface area contributed by atoms with Crippen molar-refractivity contribution >= 4 is 63.1 Å². The maximum Gasteiger partial charge on any atom is 0.376 e. The number of nitrogens with one attached hydrogen (secondary N) is 2. The van der Waals surface area contributed by atoms with Crippen LogP contribution < -0.4 is 15.3 Å². The lowest BCUT2D eigenvalue weighted by atomic mass is 9.92. The van der Waals surface area contributed by atoms with E-state index in [1.165, 1.54) is 36.6 Å². The van der Waals surface area contributed by atoms with Crippen LogP contribution in [0, 0.1) is 5.41 Å². The summed E-state index contributed by atoms with van der Waals surface area (Å²) in [5, 5.41) is 20.4. The van der Waals surface area contributed by atoms with Gasteiger partial charge in [0.2, 0.25) is 10.0 Å². The second-order valence-electron chi connectivity index (χ2n) is 9.96. The molecule has 2 aromatic rings. The van der Waals surface area contributed by atoms with E-state index < -0.39 is 28.0 Å². The third-order valence-electron chi connectivity index (χ3n) is 5.75. The number of rotatable bonds is 6. The summed E-state index contributed by atoms with van der Waals surface area (Å²) >= 11 is 1.36. The lowest BCUT2D eigenvalue weighted by Gasteiger charge is -2.35. The molecule has 2 aliphatic rings. The molecule has 198 valence electrons. The Labute approximate surface area is 219 Å². The Kier molecular flexibility index (Phi) is 6.97. The molecule has 2 atom stereocenters. The highest BCUT2D eigenvalue weighted by Gasteiger charge is 2.51. The third-order valence-corrected chi connectivity index (χ3v) is 9.16. The van der Waals surface area contributed by atoms with E-state index in [0.29, 0.717) is 17.0 Å². The highest BCUT2D eigenvalue weighted by molar-refractivity contribution is 7.92. The van der Waals surface area contributed by atoms with Gasteiger partial charge in [-0.05, 0) is 35.1 Å². The molecule has 0 saturated heterocycles. The Balaban J connectivity index is 1.89. The van der Waals surface area contributed by atoms with Gasteiger partial charge in [-0.1, -0.05) is 36.5 Å².